The molecule has 0 N–H and O–H groups in total. The van der Waals surface area contributed by atoms with Gasteiger partial charge in [-0.25, -0.2) is 4.79 Å². The minimum atomic E-state index is -0.448. The number of likely N-dealkylation sites (tertiary alicyclic amines) is 1. The van der Waals surface area contributed by atoms with E-state index in [9.17, 15) is 4.79 Å². The number of ether oxygens (including phenoxy) is 2. The number of carbonyl (C=O) groups excluding carboxylic acids is 1. The van der Waals surface area contributed by atoms with Gasteiger partial charge in [-0.05, 0) is 52.7 Å². The van der Waals surface area contributed by atoms with Crippen molar-refractivity contribution in [3.63, 3.8) is 0 Å². The van der Waals surface area contributed by atoms with E-state index in [-0.39, 0.29) is 12.2 Å². The second kappa shape index (κ2) is 9.46. The lowest BCUT2D eigenvalue weighted by molar-refractivity contribution is -0.0165. The molecule has 2 rings (SSSR count). The van der Waals surface area contributed by atoms with Crippen LogP contribution >= 0.6 is 12.0 Å². The third-order valence-electron chi connectivity index (χ3n) is 3.79. The van der Waals surface area contributed by atoms with Gasteiger partial charge in [-0.1, -0.05) is 17.7 Å². The van der Waals surface area contributed by atoms with Crippen LogP contribution in [0.3, 0.4) is 0 Å². The van der Waals surface area contributed by atoms with Gasteiger partial charge in [-0.3, -0.25) is 0 Å². The van der Waals surface area contributed by atoms with Gasteiger partial charge in [0, 0.05) is 30.0 Å². The van der Waals surface area contributed by atoms with Gasteiger partial charge in [0.25, 0.3) is 0 Å². The number of amides is 1. The zero-order valence-corrected chi connectivity index (χ0v) is 16.4. The van der Waals surface area contributed by atoms with Crippen LogP contribution < -0.4 is 0 Å². The molecule has 1 aromatic rings. The lowest BCUT2D eigenvalue weighted by atomic mass is 10.1. The summed E-state index contributed by atoms with van der Waals surface area (Å²) in [5.41, 5.74) is 0.794. The molecule has 0 bridgehead atoms. The van der Waals surface area contributed by atoms with E-state index in [1.807, 2.05) is 32.9 Å². The topological polar surface area (TPSA) is 48.0 Å². The van der Waals surface area contributed by atoms with Crippen molar-refractivity contribution in [3.05, 3.63) is 29.8 Å². The first kappa shape index (κ1) is 20.1. The number of piperidine rings is 1. The highest BCUT2D eigenvalue weighted by Gasteiger charge is 2.27. The lowest BCUT2D eigenvalue weighted by Crippen LogP contribution is -2.43. The SMILES string of the molecule is Cc1ccc(SOCCOC2CCN(C(=O)OC(C)(C)C)CC2)cc1. The van der Waals surface area contributed by atoms with Crippen molar-refractivity contribution in [3.8, 4) is 0 Å². The summed E-state index contributed by atoms with van der Waals surface area (Å²) >= 11 is 1.38. The molecule has 0 unspecified atom stereocenters. The van der Waals surface area contributed by atoms with Gasteiger partial charge in [0.2, 0.25) is 0 Å². The predicted octanol–water partition coefficient (Wildman–Crippen LogP) is 4.43. The van der Waals surface area contributed by atoms with Crippen LogP contribution in [-0.4, -0.2) is 49.0 Å². The molecule has 1 aliphatic rings. The van der Waals surface area contributed by atoms with Crippen molar-refractivity contribution >= 4 is 18.1 Å². The summed E-state index contributed by atoms with van der Waals surface area (Å²) in [6.45, 7) is 10.2. The van der Waals surface area contributed by atoms with Gasteiger partial charge < -0.3 is 18.6 Å². The van der Waals surface area contributed by atoms with Gasteiger partial charge in [-0.15, -0.1) is 0 Å². The molecule has 140 valence electrons. The summed E-state index contributed by atoms with van der Waals surface area (Å²) in [6.07, 6.45) is 1.63. The van der Waals surface area contributed by atoms with E-state index in [1.54, 1.807) is 4.90 Å². The van der Waals surface area contributed by atoms with Gasteiger partial charge in [0.1, 0.15) is 5.60 Å². The van der Waals surface area contributed by atoms with E-state index in [0.717, 1.165) is 17.7 Å². The number of carbonyl (C=O) groups is 1. The van der Waals surface area contributed by atoms with Crippen LogP contribution in [0, 0.1) is 6.92 Å². The first-order valence-electron chi connectivity index (χ1n) is 8.79. The van der Waals surface area contributed by atoms with Gasteiger partial charge in [-0.2, -0.15) is 0 Å². The molecule has 1 heterocycles. The van der Waals surface area contributed by atoms with Crippen molar-refractivity contribution < 1.29 is 18.5 Å². The molecular weight excluding hydrogens is 338 g/mol. The van der Waals surface area contributed by atoms with E-state index in [4.69, 9.17) is 13.7 Å². The normalized spacial score (nSPS) is 16.1. The minimum Gasteiger partial charge on any atom is -0.444 e. The van der Waals surface area contributed by atoms with Gasteiger partial charge in [0.15, 0.2) is 0 Å². The standard InChI is InChI=1S/C19H29NO4S/c1-15-5-7-17(8-6-15)25-23-14-13-22-16-9-11-20(12-10-16)18(21)24-19(2,3)4/h5-8,16H,9-14H2,1-4H3. The fourth-order valence-corrected chi connectivity index (χ4v) is 3.02. The Morgan fingerprint density at radius 3 is 2.40 bits per heavy atom. The number of hydrogen-bond acceptors (Lipinski definition) is 5. The Labute approximate surface area is 155 Å². The fourth-order valence-electron chi connectivity index (χ4n) is 2.48. The molecular formula is C19H29NO4S. The first-order valence-corrected chi connectivity index (χ1v) is 9.53. The monoisotopic (exact) mass is 367 g/mol. The highest BCUT2D eigenvalue weighted by molar-refractivity contribution is 7.94. The maximum Gasteiger partial charge on any atom is 0.410 e. The maximum absolute atomic E-state index is 12.0. The van der Waals surface area contributed by atoms with Crippen LogP contribution in [0.25, 0.3) is 0 Å². The zero-order valence-electron chi connectivity index (χ0n) is 15.6. The van der Waals surface area contributed by atoms with E-state index >= 15 is 0 Å². The van der Waals surface area contributed by atoms with Crippen LogP contribution in [0.5, 0.6) is 0 Å². The Hall–Kier alpha value is -1.24. The third-order valence-corrected chi connectivity index (χ3v) is 4.54. The number of benzene rings is 1. The summed E-state index contributed by atoms with van der Waals surface area (Å²) in [7, 11) is 0. The van der Waals surface area contributed by atoms with E-state index in [2.05, 4.69) is 19.1 Å². The summed E-state index contributed by atoms with van der Waals surface area (Å²) < 4.78 is 16.8. The average molecular weight is 368 g/mol. The van der Waals surface area contributed by atoms with Crippen molar-refractivity contribution in [1.82, 2.24) is 4.90 Å². The van der Waals surface area contributed by atoms with Gasteiger partial charge in [0.05, 0.1) is 19.3 Å². The predicted molar refractivity (Wildman–Crippen MR) is 99.8 cm³/mol. The molecule has 1 amide bonds. The van der Waals surface area contributed by atoms with E-state index < -0.39 is 5.60 Å². The molecule has 5 nitrogen and oxygen atoms in total. The average Bonchev–Trinajstić information content (AvgIpc) is 2.55. The highest BCUT2D eigenvalue weighted by Crippen LogP contribution is 2.20. The Kier molecular flexibility index (Phi) is 7.59. The van der Waals surface area contributed by atoms with Crippen molar-refractivity contribution in [2.75, 3.05) is 26.3 Å². The van der Waals surface area contributed by atoms with E-state index in [1.165, 1.54) is 17.6 Å². The summed E-state index contributed by atoms with van der Waals surface area (Å²) in [6, 6.07) is 8.24. The molecule has 0 saturated carbocycles. The molecule has 1 aliphatic heterocycles. The van der Waals surface area contributed by atoms with E-state index in [0.29, 0.717) is 26.3 Å². The number of nitrogens with zero attached hydrogens (tertiary/aromatic N) is 1. The molecule has 1 fully saturated rings. The molecule has 1 aromatic carbocycles. The van der Waals surface area contributed by atoms with Crippen LogP contribution in [-0.2, 0) is 13.7 Å². The Morgan fingerprint density at radius 1 is 1.16 bits per heavy atom. The molecule has 1 saturated heterocycles. The summed E-state index contributed by atoms with van der Waals surface area (Å²) in [5.74, 6) is 0. The highest BCUT2D eigenvalue weighted by atomic mass is 32.2. The van der Waals surface area contributed by atoms with Crippen LogP contribution in [0.4, 0.5) is 4.79 Å². The smallest absolute Gasteiger partial charge is 0.410 e. The summed E-state index contributed by atoms with van der Waals surface area (Å²) in [4.78, 5) is 14.9. The molecule has 0 atom stereocenters. The van der Waals surface area contributed by atoms with Crippen LogP contribution in [0.15, 0.2) is 29.2 Å². The summed E-state index contributed by atoms with van der Waals surface area (Å²) in [5, 5.41) is 0. The minimum absolute atomic E-state index is 0.187. The van der Waals surface area contributed by atoms with Crippen molar-refractivity contribution in [1.29, 1.82) is 0 Å². The second-order valence-corrected chi connectivity index (χ2v) is 8.13. The lowest BCUT2D eigenvalue weighted by Gasteiger charge is -2.33. The first-order chi connectivity index (χ1) is 11.8. The Balaban J connectivity index is 1.56. The molecule has 0 aliphatic carbocycles. The van der Waals surface area contributed by atoms with Gasteiger partial charge >= 0.3 is 6.09 Å². The molecule has 0 radical (unpaired) electrons. The van der Waals surface area contributed by atoms with Crippen LogP contribution in [0.2, 0.25) is 0 Å². The Bertz CT molecular complexity index is 533. The number of hydrogen-bond donors (Lipinski definition) is 0. The van der Waals surface area contributed by atoms with Crippen molar-refractivity contribution in [2.45, 2.75) is 57.1 Å². The second-order valence-electron chi connectivity index (χ2n) is 7.26. The molecule has 0 spiro atoms. The molecule has 6 heteroatoms. The number of rotatable bonds is 6. The van der Waals surface area contributed by atoms with Crippen LogP contribution in [0.1, 0.15) is 39.2 Å². The molecule has 0 aromatic heterocycles. The zero-order chi connectivity index (χ0) is 18.3. The van der Waals surface area contributed by atoms with Crippen molar-refractivity contribution in [2.24, 2.45) is 0 Å². The third kappa shape index (κ3) is 7.67. The maximum atomic E-state index is 12.0. The number of aryl methyl sites for hydroxylation is 1. The Morgan fingerprint density at radius 2 is 1.80 bits per heavy atom. The fraction of sp³-hybridized carbons (Fsp3) is 0.632. The molecule has 25 heavy (non-hydrogen) atoms. The quantitative estimate of drug-likeness (QED) is 0.550. The largest absolute Gasteiger partial charge is 0.444 e.